The summed E-state index contributed by atoms with van der Waals surface area (Å²) in [5, 5.41) is 19.1. The molecule has 0 amide bonds. The summed E-state index contributed by atoms with van der Waals surface area (Å²) in [5.74, 6) is -2.61. The van der Waals surface area contributed by atoms with Crippen molar-refractivity contribution in [2.75, 3.05) is 19.8 Å². The Morgan fingerprint density at radius 1 is 0.655 bits per heavy atom. The van der Waals surface area contributed by atoms with E-state index in [-0.39, 0.29) is 19.3 Å². The van der Waals surface area contributed by atoms with Gasteiger partial charge in [-0.15, -0.1) is 0 Å². The van der Waals surface area contributed by atoms with E-state index < -0.39 is 63.8 Å². The van der Waals surface area contributed by atoms with Gasteiger partial charge in [-0.25, -0.2) is 4.57 Å². The van der Waals surface area contributed by atoms with Crippen molar-refractivity contribution in [1.82, 2.24) is 0 Å². The summed E-state index contributed by atoms with van der Waals surface area (Å²) >= 11 is 0. The van der Waals surface area contributed by atoms with Crippen LogP contribution in [0.3, 0.4) is 0 Å². The molecule has 0 aliphatic carbocycles. The fourth-order valence-corrected chi connectivity index (χ4v) is 5.93. The lowest BCUT2D eigenvalue weighted by Crippen LogP contribution is -2.34. The number of hydrogen-bond acceptors (Lipinski definition) is 10. The van der Waals surface area contributed by atoms with Crippen LogP contribution in [0.1, 0.15) is 149 Å². The highest BCUT2D eigenvalue weighted by Crippen LogP contribution is 2.43. The summed E-state index contributed by atoms with van der Waals surface area (Å²) < 4.78 is 32.5. The minimum Gasteiger partial charge on any atom is -0.480 e. The van der Waals surface area contributed by atoms with Gasteiger partial charge < -0.3 is 30.3 Å². The number of carbonyl (C=O) groups is 3. The summed E-state index contributed by atoms with van der Waals surface area (Å²) in [7, 11) is -4.77. The Kier molecular flexibility index (Phi) is 34.8. The van der Waals surface area contributed by atoms with Gasteiger partial charge >= 0.3 is 25.7 Å². The maximum atomic E-state index is 12.6. The summed E-state index contributed by atoms with van der Waals surface area (Å²) in [6.45, 7) is 2.47. The SMILES string of the molecule is CC/C=C\C/C=C\C/C=C\C/C=C\C=C\C(O)CCCC(=O)OC(COC(=O)CCCCCCCCCCCCCCC)COP(=O)(O)OCC(N)C(=O)O. The molecule has 5 N–H and O–H groups in total. The third-order valence-electron chi connectivity index (χ3n) is 8.38. The largest absolute Gasteiger partial charge is 0.480 e. The molecule has 0 aromatic heterocycles. The topological polar surface area (TPSA) is 192 Å². The number of nitrogens with two attached hydrogens (primary N) is 1. The number of carboxylic acids is 1. The van der Waals surface area contributed by atoms with E-state index in [1.807, 2.05) is 12.2 Å². The van der Waals surface area contributed by atoms with Crippen molar-refractivity contribution in [1.29, 1.82) is 0 Å². The van der Waals surface area contributed by atoms with Crippen LogP contribution in [-0.2, 0) is 37.5 Å². The van der Waals surface area contributed by atoms with E-state index in [4.69, 9.17) is 24.8 Å². The second-order valence-corrected chi connectivity index (χ2v) is 15.0. The molecule has 55 heavy (non-hydrogen) atoms. The highest BCUT2D eigenvalue weighted by molar-refractivity contribution is 7.47. The Morgan fingerprint density at radius 2 is 1.16 bits per heavy atom. The second kappa shape index (κ2) is 36.8. The minimum absolute atomic E-state index is 0.0704. The number of allylic oxidation sites excluding steroid dienone is 9. The minimum atomic E-state index is -4.77. The van der Waals surface area contributed by atoms with Crippen molar-refractivity contribution in [3.05, 3.63) is 60.8 Å². The number of carboxylic acid groups (broad SMARTS) is 1. The van der Waals surface area contributed by atoms with E-state index in [1.165, 1.54) is 57.8 Å². The molecule has 0 fully saturated rings. The molecular weight excluding hydrogens is 725 g/mol. The molecular formula is C42H72NO11P. The van der Waals surface area contributed by atoms with Gasteiger partial charge in [0.2, 0.25) is 0 Å². The van der Waals surface area contributed by atoms with E-state index in [0.717, 1.165) is 44.9 Å². The summed E-state index contributed by atoms with van der Waals surface area (Å²) in [4.78, 5) is 45.9. The third-order valence-corrected chi connectivity index (χ3v) is 9.33. The Balaban J connectivity index is 4.62. The number of unbranched alkanes of at least 4 members (excludes halogenated alkanes) is 12. The molecule has 12 nitrogen and oxygen atoms in total. The molecule has 316 valence electrons. The number of aliphatic carboxylic acids is 1. The number of esters is 2. The zero-order valence-corrected chi connectivity index (χ0v) is 34.5. The number of ether oxygens (including phenoxy) is 2. The fourth-order valence-electron chi connectivity index (χ4n) is 5.15. The van der Waals surface area contributed by atoms with Crippen LogP contribution in [0.25, 0.3) is 0 Å². The average Bonchev–Trinajstić information content (AvgIpc) is 3.15. The van der Waals surface area contributed by atoms with Crippen molar-refractivity contribution in [2.24, 2.45) is 5.73 Å². The first-order valence-corrected chi connectivity index (χ1v) is 21.9. The molecule has 0 saturated heterocycles. The molecule has 0 aliphatic heterocycles. The molecule has 0 aliphatic rings. The first kappa shape index (κ1) is 52.1. The van der Waals surface area contributed by atoms with Crippen molar-refractivity contribution < 1.29 is 52.6 Å². The maximum absolute atomic E-state index is 12.6. The van der Waals surface area contributed by atoms with Crippen molar-refractivity contribution in [3.63, 3.8) is 0 Å². The van der Waals surface area contributed by atoms with Crippen LogP contribution < -0.4 is 5.73 Å². The second-order valence-electron chi connectivity index (χ2n) is 13.6. The van der Waals surface area contributed by atoms with Gasteiger partial charge in [0, 0.05) is 12.8 Å². The van der Waals surface area contributed by atoms with Gasteiger partial charge in [0.05, 0.1) is 19.3 Å². The zero-order chi connectivity index (χ0) is 40.8. The molecule has 0 aromatic carbocycles. The maximum Gasteiger partial charge on any atom is 0.472 e. The lowest BCUT2D eigenvalue weighted by Gasteiger charge is -2.20. The van der Waals surface area contributed by atoms with Gasteiger partial charge in [-0.3, -0.25) is 23.4 Å². The van der Waals surface area contributed by atoms with Gasteiger partial charge in [-0.1, -0.05) is 152 Å². The fraction of sp³-hybridized carbons (Fsp3) is 0.690. The van der Waals surface area contributed by atoms with Gasteiger partial charge in [-0.05, 0) is 44.9 Å². The molecule has 0 radical (unpaired) electrons. The van der Waals surface area contributed by atoms with Crippen LogP contribution in [0, 0.1) is 0 Å². The lowest BCUT2D eigenvalue weighted by molar-refractivity contribution is -0.161. The number of aliphatic hydroxyl groups excluding tert-OH is 1. The van der Waals surface area contributed by atoms with Gasteiger partial charge in [0.15, 0.2) is 6.10 Å². The highest BCUT2D eigenvalue weighted by atomic mass is 31.2. The third kappa shape index (κ3) is 36.5. The van der Waals surface area contributed by atoms with Crippen molar-refractivity contribution in [2.45, 2.75) is 167 Å². The Hall–Kier alpha value is -2.86. The predicted molar refractivity (Wildman–Crippen MR) is 218 cm³/mol. The van der Waals surface area contributed by atoms with Crippen LogP contribution in [0.5, 0.6) is 0 Å². The standard InChI is InChI=1S/C42H72NO11P/c1-3-5-7-9-11-13-15-17-19-21-23-25-27-30-37(44)31-29-33-41(46)54-38(35-52-55(49,50)53-36-39(43)42(47)48)34-51-40(45)32-28-26-24-22-20-18-16-14-12-10-8-6-4-2/h5,7,11,13,17,19,23,25,27,30,37-39,44H,3-4,6,8-10,12,14-16,18,20-22,24,26,28-29,31-36,43H2,1-2H3,(H,47,48)(H,49,50)/b7-5-,13-11-,19-17-,25-23-,30-27+. The summed E-state index contributed by atoms with van der Waals surface area (Å²) in [6, 6.07) is -1.55. The normalized spacial score (nSPS) is 15.0. The van der Waals surface area contributed by atoms with E-state index in [0.29, 0.717) is 12.8 Å². The smallest absolute Gasteiger partial charge is 0.472 e. The number of carbonyl (C=O) groups excluding carboxylic acids is 2. The van der Waals surface area contributed by atoms with Crippen molar-refractivity contribution in [3.8, 4) is 0 Å². The predicted octanol–water partition coefficient (Wildman–Crippen LogP) is 9.36. The zero-order valence-electron chi connectivity index (χ0n) is 33.6. The molecule has 4 unspecified atom stereocenters. The quantitative estimate of drug-likeness (QED) is 0.0153. The monoisotopic (exact) mass is 797 g/mol. The van der Waals surface area contributed by atoms with Crippen molar-refractivity contribution >= 4 is 25.7 Å². The molecule has 0 aromatic rings. The van der Waals surface area contributed by atoms with Crippen LogP contribution in [0.15, 0.2) is 60.8 Å². The number of phosphoric ester groups is 1. The number of aliphatic hydroxyl groups is 1. The highest BCUT2D eigenvalue weighted by Gasteiger charge is 2.28. The molecule has 13 heteroatoms. The Bertz CT molecular complexity index is 1180. The van der Waals surface area contributed by atoms with E-state index in [1.54, 1.807) is 12.2 Å². The van der Waals surface area contributed by atoms with E-state index in [9.17, 15) is 28.9 Å². The number of rotatable bonds is 37. The molecule has 4 atom stereocenters. The average molecular weight is 798 g/mol. The summed E-state index contributed by atoms with van der Waals surface area (Å²) in [5.41, 5.74) is 5.31. The van der Waals surface area contributed by atoms with Crippen LogP contribution in [0.2, 0.25) is 0 Å². The molecule has 0 rings (SSSR count). The van der Waals surface area contributed by atoms with E-state index in [2.05, 4.69) is 54.8 Å². The lowest BCUT2D eigenvalue weighted by atomic mass is 10.0. The van der Waals surface area contributed by atoms with Crippen LogP contribution >= 0.6 is 7.82 Å². The van der Waals surface area contributed by atoms with Crippen LogP contribution in [0.4, 0.5) is 0 Å². The molecule has 0 spiro atoms. The van der Waals surface area contributed by atoms with Gasteiger partial charge in [0.25, 0.3) is 0 Å². The first-order chi connectivity index (χ1) is 26.5. The number of phosphoric acid groups is 1. The summed E-state index contributed by atoms with van der Waals surface area (Å²) in [6.07, 6.45) is 37.5. The first-order valence-electron chi connectivity index (χ1n) is 20.4. The molecule has 0 bridgehead atoms. The van der Waals surface area contributed by atoms with Gasteiger partial charge in [0.1, 0.15) is 12.6 Å². The van der Waals surface area contributed by atoms with E-state index >= 15 is 0 Å². The Morgan fingerprint density at radius 3 is 1.73 bits per heavy atom. The number of hydrogen-bond donors (Lipinski definition) is 4. The van der Waals surface area contributed by atoms with Crippen LogP contribution in [-0.4, -0.2) is 71.1 Å². The Labute approximate surface area is 330 Å². The molecule has 0 heterocycles. The van der Waals surface area contributed by atoms with Gasteiger partial charge in [-0.2, -0.15) is 0 Å². The molecule has 0 saturated carbocycles.